The fourth-order valence-electron chi connectivity index (χ4n) is 16.1. The number of hydrogen-bond donors (Lipinski definition) is 2. The van der Waals surface area contributed by atoms with Gasteiger partial charge in [-0.2, -0.15) is 0 Å². The van der Waals surface area contributed by atoms with Crippen LogP contribution in [0.25, 0.3) is 219 Å². The van der Waals surface area contributed by atoms with E-state index < -0.39 is 0 Å². The van der Waals surface area contributed by atoms with Gasteiger partial charge in [-0.05, 0) is 181 Å². The Hall–Kier alpha value is -12.8. The number of fused-ring (bicyclic) bond motifs is 8. The molecule has 8 bridgehead atoms. The molecule has 4 heterocycles. The van der Waals surface area contributed by atoms with Crippen molar-refractivity contribution in [1.82, 2.24) is 19.9 Å². The SMILES string of the molecule is c1ccc2cc(-c3c4nc(c(-c5ccc6ccccc6c5)c5[nH]c(c(-c6ccc7ccccc7c6)c6nc(c(-c7ccc8ccccc8c7)c7[nH]c3c3cc8ccccc8cc73)-c3cc7ccccc7cc3-6)c3cc6ccccc6cc53)-c3cc5ccccc5cc3-4)ccc2c1. The molecule has 21 rings (SSSR count). The molecule has 4 heteroatoms. The molecular formula is C92H54N4. The molecule has 2 N–H and O–H groups in total. The summed E-state index contributed by atoms with van der Waals surface area (Å²) in [5, 5.41) is 22.8. The van der Waals surface area contributed by atoms with Crippen molar-refractivity contribution in [1.29, 1.82) is 0 Å². The van der Waals surface area contributed by atoms with Crippen LogP contribution >= 0.6 is 0 Å². The lowest BCUT2D eigenvalue weighted by Crippen LogP contribution is -1.88. The van der Waals surface area contributed by atoms with Gasteiger partial charge < -0.3 is 9.97 Å². The lowest BCUT2D eigenvalue weighted by Gasteiger charge is -2.11. The zero-order chi connectivity index (χ0) is 62.7. The lowest BCUT2D eigenvalue weighted by atomic mass is 9.90. The second-order valence-corrected chi connectivity index (χ2v) is 26.1. The zero-order valence-corrected chi connectivity index (χ0v) is 51.9. The van der Waals surface area contributed by atoms with Crippen molar-refractivity contribution >= 4 is 130 Å². The smallest absolute Gasteiger partial charge is 0.0816 e. The van der Waals surface area contributed by atoms with E-state index in [1.54, 1.807) is 0 Å². The summed E-state index contributed by atoms with van der Waals surface area (Å²) in [6.07, 6.45) is 0. The van der Waals surface area contributed by atoms with Crippen LogP contribution in [0.4, 0.5) is 0 Å². The number of aromatic amines is 2. The first kappa shape index (κ1) is 52.8. The van der Waals surface area contributed by atoms with Crippen LogP contribution in [-0.2, 0) is 0 Å². The van der Waals surface area contributed by atoms with Crippen molar-refractivity contribution < 1.29 is 0 Å². The number of nitrogens with one attached hydrogen (secondary N) is 2. The van der Waals surface area contributed by atoms with E-state index in [4.69, 9.17) is 9.97 Å². The Kier molecular flexibility index (Phi) is 11.2. The topological polar surface area (TPSA) is 57.4 Å². The van der Waals surface area contributed by atoms with Crippen molar-refractivity contribution in [2.75, 3.05) is 0 Å². The van der Waals surface area contributed by atoms with E-state index in [2.05, 4.69) is 325 Å². The predicted molar refractivity (Wildman–Crippen MR) is 407 cm³/mol. The summed E-state index contributed by atoms with van der Waals surface area (Å²) in [5.41, 5.74) is 19.9. The molecule has 18 aromatic rings. The van der Waals surface area contributed by atoms with Gasteiger partial charge in [0.15, 0.2) is 0 Å². The Bertz CT molecular complexity index is 6030. The van der Waals surface area contributed by atoms with Gasteiger partial charge in [-0.25, -0.2) is 9.97 Å². The number of hydrogen-bond acceptors (Lipinski definition) is 2. The monoisotopic (exact) mass is 1210 g/mol. The lowest BCUT2D eigenvalue weighted by molar-refractivity contribution is 1.40. The summed E-state index contributed by atoms with van der Waals surface area (Å²) in [4.78, 5) is 21.7. The second-order valence-electron chi connectivity index (χ2n) is 26.1. The van der Waals surface area contributed by atoms with Crippen molar-refractivity contribution in [3.63, 3.8) is 0 Å². The third-order valence-electron chi connectivity index (χ3n) is 20.7. The summed E-state index contributed by atoms with van der Waals surface area (Å²) in [5.74, 6) is 0. The second kappa shape index (κ2) is 20.4. The highest BCUT2D eigenvalue weighted by molar-refractivity contribution is 6.25. The highest BCUT2D eigenvalue weighted by Gasteiger charge is 2.32. The number of aromatic nitrogens is 4. The van der Waals surface area contributed by atoms with Gasteiger partial charge in [0.1, 0.15) is 0 Å². The molecular weight excluding hydrogens is 1160 g/mol. The molecule has 0 amide bonds. The molecule has 3 aliphatic rings. The third-order valence-corrected chi connectivity index (χ3v) is 20.7. The maximum absolute atomic E-state index is 6.39. The quantitative estimate of drug-likeness (QED) is 0.184. The minimum atomic E-state index is 0.886. The van der Waals surface area contributed by atoms with Gasteiger partial charge in [-0.3, -0.25) is 0 Å². The maximum Gasteiger partial charge on any atom is 0.0816 e. The number of H-pyrrole nitrogens is 2. The van der Waals surface area contributed by atoms with E-state index in [1.807, 2.05) is 0 Å². The Morgan fingerprint density at radius 1 is 0.167 bits per heavy atom. The first-order valence-corrected chi connectivity index (χ1v) is 33.1. The van der Waals surface area contributed by atoms with Crippen molar-refractivity contribution in [3.05, 3.63) is 315 Å². The van der Waals surface area contributed by atoms with Crippen LogP contribution in [0.3, 0.4) is 0 Å². The van der Waals surface area contributed by atoms with E-state index in [0.717, 1.165) is 198 Å². The normalized spacial score (nSPS) is 12.2. The van der Waals surface area contributed by atoms with E-state index >= 15 is 0 Å². The largest absolute Gasteiger partial charge is 0.353 e. The fourth-order valence-corrected chi connectivity index (χ4v) is 16.1. The average Bonchev–Trinajstić information content (AvgIpc) is 1.55. The van der Waals surface area contributed by atoms with Crippen LogP contribution in [0.15, 0.2) is 315 Å². The van der Waals surface area contributed by atoms with Crippen molar-refractivity contribution in [2.45, 2.75) is 0 Å². The molecule has 4 nitrogen and oxygen atoms in total. The fraction of sp³-hybridized carbons (Fsp3) is 0. The molecule has 0 saturated heterocycles. The van der Waals surface area contributed by atoms with Crippen molar-refractivity contribution in [2.24, 2.45) is 0 Å². The molecule has 1 aliphatic carbocycles. The molecule has 0 atom stereocenters. The molecule has 96 heavy (non-hydrogen) atoms. The van der Waals surface area contributed by atoms with Crippen LogP contribution in [0.5, 0.6) is 0 Å². The molecule has 2 aromatic heterocycles. The van der Waals surface area contributed by atoms with E-state index in [0.29, 0.717) is 0 Å². The van der Waals surface area contributed by atoms with Crippen molar-refractivity contribution in [3.8, 4) is 89.5 Å². The average molecular weight is 1220 g/mol. The molecule has 442 valence electrons. The Labute approximate surface area is 551 Å². The van der Waals surface area contributed by atoms with Crippen LogP contribution < -0.4 is 0 Å². The summed E-state index contributed by atoms with van der Waals surface area (Å²) < 4.78 is 0. The first-order chi connectivity index (χ1) is 47.5. The molecule has 0 fully saturated rings. The van der Waals surface area contributed by atoms with Crippen LogP contribution in [0, 0.1) is 0 Å². The molecule has 0 spiro atoms. The Morgan fingerprint density at radius 2 is 0.344 bits per heavy atom. The minimum absolute atomic E-state index is 0.886. The molecule has 16 aromatic carbocycles. The summed E-state index contributed by atoms with van der Waals surface area (Å²) in [6.45, 7) is 0. The van der Waals surface area contributed by atoms with Gasteiger partial charge in [0.25, 0.3) is 0 Å². The zero-order valence-electron chi connectivity index (χ0n) is 51.9. The third kappa shape index (κ3) is 8.03. The highest BCUT2D eigenvalue weighted by Crippen LogP contribution is 2.54. The van der Waals surface area contributed by atoms with Gasteiger partial charge in [0.2, 0.25) is 0 Å². The summed E-state index contributed by atoms with van der Waals surface area (Å²) >= 11 is 0. The number of nitrogens with zero attached hydrogens (tertiary/aromatic N) is 2. The van der Waals surface area contributed by atoms with Crippen LogP contribution in [0.2, 0.25) is 0 Å². The Balaban J connectivity index is 1.09. The van der Waals surface area contributed by atoms with Crippen LogP contribution in [0.1, 0.15) is 0 Å². The Morgan fingerprint density at radius 3 is 0.552 bits per heavy atom. The standard InChI is InChI=1S/C92H54N4/c1-5-21-57-41-69(37-33-53(57)17-1)81-85-73-45-61-25-9-11-27-63(61)47-75(73)87(93-85)82(70-38-34-54-18-2-6-22-58(54)42-70)89-77-49-65-29-13-15-31-67(65)51-79(77)91(95-89)84(72-40-36-56-20-4-8-24-60(56)44-72)92-80-52-68-32-16-14-30-66(68)50-78(80)90(96-92)83(71-39-35-55-19-3-7-23-59(55)43-71)88-76-48-64-28-12-10-26-62(64)46-74(76)86(81)94-88/h1-52,93,96H. The summed E-state index contributed by atoms with van der Waals surface area (Å²) in [6, 6.07) is 117. The minimum Gasteiger partial charge on any atom is -0.353 e. The van der Waals surface area contributed by atoms with E-state index in [1.165, 1.54) is 21.5 Å². The first-order valence-electron chi connectivity index (χ1n) is 33.1. The molecule has 0 radical (unpaired) electrons. The van der Waals surface area contributed by atoms with E-state index in [-0.39, 0.29) is 0 Å². The van der Waals surface area contributed by atoms with Gasteiger partial charge in [-0.1, -0.05) is 243 Å². The van der Waals surface area contributed by atoms with Crippen LogP contribution in [-0.4, -0.2) is 19.9 Å². The number of rotatable bonds is 4. The van der Waals surface area contributed by atoms with E-state index in [9.17, 15) is 0 Å². The number of benzene rings is 16. The van der Waals surface area contributed by atoms with Gasteiger partial charge in [0, 0.05) is 66.1 Å². The van der Waals surface area contributed by atoms with Gasteiger partial charge in [-0.15, -0.1) is 0 Å². The maximum atomic E-state index is 6.39. The van der Waals surface area contributed by atoms with Gasteiger partial charge in [0.05, 0.1) is 44.8 Å². The highest BCUT2D eigenvalue weighted by atomic mass is 14.8. The molecule has 0 unspecified atom stereocenters. The molecule has 0 saturated carbocycles. The molecule has 2 aliphatic heterocycles. The predicted octanol–water partition coefficient (Wildman–Crippen LogP) is 25.2. The van der Waals surface area contributed by atoms with Gasteiger partial charge >= 0.3 is 0 Å². The summed E-state index contributed by atoms with van der Waals surface area (Å²) in [7, 11) is 0.